The second-order valence-electron chi connectivity index (χ2n) is 11.0. The number of anilines is 1. The van der Waals surface area contributed by atoms with Crippen LogP contribution in [0.5, 0.6) is 0 Å². The van der Waals surface area contributed by atoms with Gasteiger partial charge in [0.05, 0.1) is 53.5 Å². The molecule has 2 aliphatic rings. The van der Waals surface area contributed by atoms with E-state index in [1.807, 2.05) is 35.9 Å². The number of fused-ring (bicyclic) bond motifs is 1. The number of rotatable bonds is 8. The van der Waals surface area contributed by atoms with Crippen LogP contribution in [-0.2, 0) is 27.8 Å². The number of carbonyl (C=O) groups is 3. The quantitative estimate of drug-likeness (QED) is 0.361. The lowest BCUT2D eigenvalue weighted by Crippen LogP contribution is -2.40. The molecule has 3 N–H and O–H groups in total. The van der Waals surface area contributed by atoms with E-state index in [-0.39, 0.29) is 59.8 Å². The van der Waals surface area contributed by atoms with Crippen LogP contribution < -0.4 is 5.32 Å². The summed E-state index contributed by atoms with van der Waals surface area (Å²) in [6.45, 7) is 0.334. The molecular weight excluding hydrogens is 553 g/mol. The Bertz CT molecular complexity index is 1470. The van der Waals surface area contributed by atoms with Gasteiger partial charge in [0.1, 0.15) is 5.82 Å². The highest BCUT2D eigenvalue weighted by Crippen LogP contribution is 2.30. The van der Waals surface area contributed by atoms with Crippen molar-refractivity contribution in [3.05, 3.63) is 64.6 Å². The van der Waals surface area contributed by atoms with E-state index in [0.29, 0.717) is 37.7 Å². The number of β-amino-alcohol motifs (C(OH)–C–C–N with tert-alkyl or cyclic N) is 1. The number of nitrogens with one attached hydrogen (secondary N) is 1. The number of aliphatic carboxylic acids is 1. The number of para-hydroxylation sites is 1. The second-order valence-corrected chi connectivity index (χ2v) is 11.4. The number of aryl methyl sites for hydroxylation is 1. The number of hydrogen-bond donors (Lipinski definition) is 3. The summed E-state index contributed by atoms with van der Waals surface area (Å²) in [5, 5.41) is 23.0. The van der Waals surface area contributed by atoms with Gasteiger partial charge in [-0.05, 0) is 55.9 Å². The maximum atomic E-state index is 15.1. The molecule has 0 bridgehead atoms. The van der Waals surface area contributed by atoms with Gasteiger partial charge in [-0.25, -0.2) is 4.39 Å². The number of ether oxygens (including phenoxy) is 1. The van der Waals surface area contributed by atoms with Crippen molar-refractivity contribution >= 4 is 46.0 Å². The molecule has 41 heavy (non-hydrogen) atoms. The van der Waals surface area contributed by atoms with E-state index >= 15 is 4.39 Å². The lowest BCUT2D eigenvalue weighted by molar-refractivity contribution is -0.144. The summed E-state index contributed by atoms with van der Waals surface area (Å²) in [6, 6.07) is 9.52. The number of aromatic nitrogens is 1. The Morgan fingerprint density at radius 3 is 2.61 bits per heavy atom. The summed E-state index contributed by atoms with van der Waals surface area (Å²) in [6.07, 6.45) is 3.34. The van der Waals surface area contributed by atoms with E-state index in [1.54, 1.807) is 6.20 Å². The molecule has 1 aliphatic carbocycles. The third-order valence-electron chi connectivity index (χ3n) is 8.13. The molecule has 2 fully saturated rings. The molecule has 5 rings (SSSR count). The second kappa shape index (κ2) is 12.2. The van der Waals surface area contributed by atoms with Crippen molar-refractivity contribution in [3.8, 4) is 0 Å². The molecule has 1 saturated carbocycles. The Morgan fingerprint density at radius 1 is 1.15 bits per heavy atom. The van der Waals surface area contributed by atoms with Crippen LogP contribution in [0.1, 0.15) is 48.0 Å². The van der Waals surface area contributed by atoms with Gasteiger partial charge in [0.2, 0.25) is 5.91 Å². The van der Waals surface area contributed by atoms with Crippen LogP contribution in [0.3, 0.4) is 0 Å². The van der Waals surface area contributed by atoms with Crippen LogP contribution in [0, 0.1) is 11.7 Å². The average Bonchev–Trinajstić information content (AvgIpc) is 3.50. The first kappa shape index (κ1) is 29.0. The van der Waals surface area contributed by atoms with E-state index < -0.39 is 23.8 Å². The normalized spacial score (nSPS) is 22.7. The van der Waals surface area contributed by atoms with Gasteiger partial charge in [-0.1, -0.05) is 29.8 Å². The topological polar surface area (TPSA) is 121 Å². The standard InChI is InChI=1S/C30H33ClFN3O6/c1-34-15-23(22-4-2-3-5-27(22)34)29(38)33-26-13-25(32)18(10-24(26)31)11-28(37)35-14-20(36)12-19(35)16-41-21-8-6-17(7-9-21)30(39)40/h2-5,10,13,15,17,19-21,36H,6-9,11-12,14,16H2,1H3,(H,33,38)(H,39,40)/t17?,19-,20-,21?/m0/s1. The first-order valence-electron chi connectivity index (χ1n) is 13.8. The van der Waals surface area contributed by atoms with E-state index in [9.17, 15) is 24.6 Å². The Morgan fingerprint density at radius 2 is 1.88 bits per heavy atom. The highest BCUT2D eigenvalue weighted by atomic mass is 35.5. The van der Waals surface area contributed by atoms with Crippen LogP contribution >= 0.6 is 11.6 Å². The predicted octanol–water partition coefficient (Wildman–Crippen LogP) is 4.39. The number of carboxylic acid groups (broad SMARTS) is 1. The zero-order valence-electron chi connectivity index (χ0n) is 22.7. The molecule has 2 aromatic carbocycles. The summed E-state index contributed by atoms with van der Waals surface area (Å²) in [4.78, 5) is 38.9. The van der Waals surface area contributed by atoms with Gasteiger partial charge in [0, 0.05) is 30.7 Å². The number of hydrogen-bond acceptors (Lipinski definition) is 5. The van der Waals surface area contributed by atoms with Crippen molar-refractivity contribution in [3.63, 3.8) is 0 Å². The van der Waals surface area contributed by atoms with Gasteiger partial charge >= 0.3 is 5.97 Å². The zero-order valence-corrected chi connectivity index (χ0v) is 23.4. The van der Waals surface area contributed by atoms with Crippen molar-refractivity contribution in [1.29, 1.82) is 0 Å². The Hall–Kier alpha value is -3.47. The Balaban J connectivity index is 1.21. The molecule has 218 valence electrons. The molecule has 2 amide bonds. The van der Waals surface area contributed by atoms with Gasteiger partial charge < -0.3 is 29.7 Å². The van der Waals surface area contributed by atoms with Crippen LogP contribution in [0.15, 0.2) is 42.6 Å². The minimum atomic E-state index is -0.785. The van der Waals surface area contributed by atoms with Crippen molar-refractivity contribution in [2.45, 2.75) is 56.8 Å². The summed E-state index contributed by atoms with van der Waals surface area (Å²) in [5.41, 5.74) is 1.48. The van der Waals surface area contributed by atoms with Crippen molar-refractivity contribution < 1.29 is 33.7 Å². The Labute approximate surface area is 241 Å². The molecule has 3 aromatic rings. The number of halogens is 2. The van der Waals surface area contributed by atoms with Gasteiger partial charge in [-0.2, -0.15) is 0 Å². The van der Waals surface area contributed by atoms with Gasteiger partial charge in [-0.15, -0.1) is 0 Å². The molecule has 1 aromatic heterocycles. The maximum absolute atomic E-state index is 15.1. The fourth-order valence-electron chi connectivity index (χ4n) is 5.88. The van der Waals surface area contributed by atoms with Gasteiger partial charge in [0.25, 0.3) is 5.91 Å². The predicted molar refractivity (Wildman–Crippen MR) is 151 cm³/mol. The zero-order chi connectivity index (χ0) is 29.3. The highest BCUT2D eigenvalue weighted by Gasteiger charge is 2.36. The molecule has 0 spiro atoms. The SMILES string of the molecule is Cn1cc(C(=O)Nc2cc(F)c(CC(=O)N3C[C@@H](O)C[C@H]3COC3CCC(C(=O)O)CC3)cc2Cl)c2ccccc21. The lowest BCUT2D eigenvalue weighted by Gasteiger charge is -2.30. The molecule has 0 unspecified atom stereocenters. The number of carboxylic acids is 1. The van der Waals surface area contributed by atoms with Crippen LogP contribution in [0.2, 0.25) is 5.02 Å². The number of aliphatic hydroxyl groups is 1. The third-order valence-corrected chi connectivity index (χ3v) is 8.44. The average molecular weight is 586 g/mol. The first-order chi connectivity index (χ1) is 19.6. The fourth-order valence-corrected chi connectivity index (χ4v) is 6.11. The van der Waals surface area contributed by atoms with E-state index in [4.69, 9.17) is 16.3 Å². The van der Waals surface area contributed by atoms with Crippen LogP contribution in [0.25, 0.3) is 10.9 Å². The number of amides is 2. The van der Waals surface area contributed by atoms with E-state index in [2.05, 4.69) is 5.32 Å². The summed E-state index contributed by atoms with van der Waals surface area (Å²) >= 11 is 6.41. The third kappa shape index (κ3) is 6.39. The summed E-state index contributed by atoms with van der Waals surface area (Å²) in [5.74, 6) is -2.62. The summed E-state index contributed by atoms with van der Waals surface area (Å²) < 4.78 is 23.0. The van der Waals surface area contributed by atoms with Gasteiger partial charge in [0.15, 0.2) is 0 Å². The molecule has 2 atom stereocenters. The first-order valence-corrected chi connectivity index (χ1v) is 14.1. The van der Waals surface area contributed by atoms with Crippen LogP contribution in [-0.4, -0.2) is 68.9 Å². The maximum Gasteiger partial charge on any atom is 0.306 e. The van der Waals surface area contributed by atoms with E-state index in [1.165, 1.54) is 11.0 Å². The van der Waals surface area contributed by atoms with Crippen LogP contribution in [0.4, 0.5) is 10.1 Å². The number of benzene rings is 2. The molecular formula is C30H33ClFN3O6. The van der Waals surface area contributed by atoms with Crippen molar-refractivity contribution in [1.82, 2.24) is 9.47 Å². The molecule has 9 nitrogen and oxygen atoms in total. The number of carbonyl (C=O) groups excluding carboxylic acids is 2. The lowest BCUT2D eigenvalue weighted by atomic mass is 9.87. The van der Waals surface area contributed by atoms with Crippen molar-refractivity contribution in [2.24, 2.45) is 13.0 Å². The highest BCUT2D eigenvalue weighted by molar-refractivity contribution is 6.34. The molecule has 1 aliphatic heterocycles. The minimum Gasteiger partial charge on any atom is -0.481 e. The fraction of sp³-hybridized carbons (Fsp3) is 0.433. The monoisotopic (exact) mass is 585 g/mol. The molecule has 1 saturated heterocycles. The number of aliphatic hydroxyl groups excluding tert-OH is 1. The molecule has 11 heteroatoms. The Kier molecular flexibility index (Phi) is 8.63. The number of likely N-dealkylation sites (tertiary alicyclic amines) is 1. The smallest absolute Gasteiger partial charge is 0.306 e. The minimum absolute atomic E-state index is 0.0798. The largest absolute Gasteiger partial charge is 0.481 e. The molecule has 2 heterocycles. The summed E-state index contributed by atoms with van der Waals surface area (Å²) in [7, 11) is 1.83. The molecule has 0 radical (unpaired) electrons. The van der Waals surface area contributed by atoms with Crippen molar-refractivity contribution in [2.75, 3.05) is 18.5 Å². The van der Waals surface area contributed by atoms with Gasteiger partial charge in [-0.3, -0.25) is 14.4 Å². The van der Waals surface area contributed by atoms with E-state index in [0.717, 1.165) is 17.0 Å². The number of nitrogens with zero attached hydrogens (tertiary/aromatic N) is 2.